The van der Waals surface area contributed by atoms with Gasteiger partial charge in [0.15, 0.2) is 9.84 Å². The first-order valence-electron chi connectivity index (χ1n) is 13.0. The highest BCUT2D eigenvalue weighted by molar-refractivity contribution is 7.94. The van der Waals surface area contributed by atoms with E-state index >= 15 is 4.39 Å². The minimum absolute atomic E-state index is 0.0867. The highest BCUT2D eigenvalue weighted by atomic mass is 32.2. The van der Waals surface area contributed by atoms with Gasteiger partial charge in [0.05, 0.1) is 31.7 Å². The minimum Gasteiger partial charge on any atom is -0.497 e. The van der Waals surface area contributed by atoms with Crippen LogP contribution < -0.4 is 10.1 Å². The van der Waals surface area contributed by atoms with Gasteiger partial charge in [-0.1, -0.05) is 30.3 Å². The molecule has 0 radical (unpaired) electrons. The molecule has 0 saturated heterocycles. The van der Waals surface area contributed by atoms with Gasteiger partial charge >= 0.3 is 6.09 Å². The van der Waals surface area contributed by atoms with E-state index in [9.17, 15) is 18.3 Å². The number of amides is 1. The largest absolute Gasteiger partial charge is 0.497 e. The van der Waals surface area contributed by atoms with Gasteiger partial charge in [-0.15, -0.1) is 0 Å². The van der Waals surface area contributed by atoms with Crippen molar-refractivity contribution in [2.24, 2.45) is 4.99 Å². The van der Waals surface area contributed by atoms with Crippen molar-refractivity contribution >= 4 is 21.8 Å². The van der Waals surface area contributed by atoms with E-state index in [0.717, 1.165) is 11.6 Å². The molecule has 1 aliphatic heterocycles. The maximum absolute atomic E-state index is 15.7. The lowest BCUT2D eigenvalue weighted by Gasteiger charge is -2.47. The third kappa shape index (κ3) is 6.64. The molecule has 1 aliphatic rings. The number of nitrogens with one attached hydrogen (secondary N) is 1. The molecular formula is C29H39FN2O7S. The number of ether oxygens (including phenoxy) is 3. The second-order valence-electron chi connectivity index (χ2n) is 11.5. The Morgan fingerprint density at radius 2 is 1.82 bits per heavy atom. The average Bonchev–Trinajstić information content (AvgIpc) is 2.85. The molecule has 0 saturated carbocycles. The maximum atomic E-state index is 15.7. The summed E-state index contributed by atoms with van der Waals surface area (Å²) in [5, 5.41) is 11.5. The predicted molar refractivity (Wildman–Crippen MR) is 151 cm³/mol. The Hall–Kier alpha value is -3.02. The van der Waals surface area contributed by atoms with Crippen molar-refractivity contribution in [1.29, 1.82) is 0 Å². The fourth-order valence-corrected chi connectivity index (χ4v) is 7.03. The van der Waals surface area contributed by atoms with Gasteiger partial charge in [-0.2, -0.15) is 0 Å². The summed E-state index contributed by atoms with van der Waals surface area (Å²) in [4.78, 5) is 17.6. The molecule has 9 nitrogen and oxygen atoms in total. The highest BCUT2D eigenvalue weighted by Gasteiger charge is 2.60. The number of amidine groups is 1. The fourth-order valence-electron chi connectivity index (χ4n) is 4.66. The standard InChI is InChI=1S/C29H39FN2O7S/c1-19(33)15-24-29(18-38-17-20-11-9-8-10-12-20,22-16-21(37-7)13-14-23(22)30)32-25(28(5,6)40(24,35)36)31-26(34)39-27(2,3)4/h8-14,16,19,24,33H,15,17-18H2,1-7H3,(H,31,32,34)/t19-,24-,29-/m1/s1. The molecule has 3 atom stereocenters. The number of nitrogens with zero attached hydrogens (tertiary/aromatic N) is 1. The van der Waals surface area contributed by atoms with Crippen molar-refractivity contribution < 1.29 is 36.9 Å². The number of benzene rings is 2. The summed E-state index contributed by atoms with van der Waals surface area (Å²) in [5.41, 5.74) is -2.06. The third-order valence-electron chi connectivity index (χ3n) is 6.75. The number of halogens is 1. The molecule has 0 aliphatic carbocycles. The molecule has 0 unspecified atom stereocenters. The van der Waals surface area contributed by atoms with Crippen LogP contribution >= 0.6 is 0 Å². The van der Waals surface area contributed by atoms with Crippen molar-refractivity contribution in [3.05, 3.63) is 65.5 Å². The van der Waals surface area contributed by atoms with E-state index < -0.39 is 49.0 Å². The van der Waals surface area contributed by atoms with E-state index in [2.05, 4.69) is 5.32 Å². The normalized spacial score (nSPS) is 22.6. The van der Waals surface area contributed by atoms with Crippen molar-refractivity contribution in [2.75, 3.05) is 13.7 Å². The van der Waals surface area contributed by atoms with Crippen LogP contribution in [0.15, 0.2) is 53.5 Å². The molecule has 2 aromatic carbocycles. The van der Waals surface area contributed by atoms with Crippen LogP contribution in [0.4, 0.5) is 9.18 Å². The van der Waals surface area contributed by atoms with E-state index in [-0.39, 0.29) is 36.8 Å². The number of rotatable bonds is 8. The number of aliphatic hydroxyl groups is 1. The Morgan fingerprint density at radius 3 is 2.40 bits per heavy atom. The molecule has 1 heterocycles. The summed E-state index contributed by atoms with van der Waals surface area (Å²) in [6, 6.07) is 13.1. The van der Waals surface area contributed by atoms with Crippen LogP contribution in [0.1, 0.15) is 59.1 Å². The van der Waals surface area contributed by atoms with Gasteiger partial charge in [0, 0.05) is 5.56 Å². The van der Waals surface area contributed by atoms with E-state index in [1.54, 1.807) is 20.8 Å². The molecule has 2 N–H and O–H groups in total. The summed E-state index contributed by atoms with van der Waals surface area (Å²) >= 11 is 0. The zero-order chi connectivity index (χ0) is 29.9. The second-order valence-corrected chi connectivity index (χ2v) is 14.1. The molecule has 11 heteroatoms. The molecule has 3 rings (SSSR count). The molecule has 1 amide bonds. The highest BCUT2D eigenvalue weighted by Crippen LogP contribution is 2.46. The van der Waals surface area contributed by atoms with Gasteiger partial charge in [-0.05, 0) is 71.7 Å². The zero-order valence-corrected chi connectivity index (χ0v) is 24.8. The zero-order valence-electron chi connectivity index (χ0n) is 24.0. The lowest BCUT2D eigenvalue weighted by molar-refractivity contribution is 0.0541. The molecule has 40 heavy (non-hydrogen) atoms. The number of carbonyl (C=O) groups is 1. The minimum atomic E-state index is -4.27. The molecule has 220 valence electrons. The Kier molecular flexibility index (Phi) is 9.33. The number of hydrogen-bond acceptors (Lipinski definition) is 8. The van der Waals surface area contributed by atoms with Gasteiger partial charge < -0.3 is 19.3 Å². The second kappa shape index (κ2) is 11.8. The number of alkyl carbamates (subject to hydrolysis) is 1. The van der Waals surface area contributed by atoms with Crippen LogP contribution in [0.3, 0.4) is 0 Å². The van der Waals surface area contributed by atoms with Crippen LogP contribution in [-0.2, 0) is 31.5 Å². The molecule has 0 fully saturated rings. The molecule has 0 aromatic heterocycles. The first-order valence-corrected chi connectivity index (χ1v) is 14.6. The summed E-state index contributed by atoms with van der Waals surface area (Å²) in [6.45, 7) is 8.99. The third-order valence-corrected chi connectivity index (χ3v) is 9.70. The number of carbonyl (C=O) groups excluding carboxylic acids is 1. The smallest absolute Gasteiger partial charge is 0.413 e. The van der Waals surface area contributed by atoms with Gasteiger partial charge in [0.2, 0.25) is 0 Å². The van der Waals surface area contributed by atoms with Crippen LogP contribution in [0.5, 0.6) is 5.75 Å². The van der Waals surface area contributed by atoms with Crippen molar-refractivity contribution in [3.63, 3.8) is 0 Å². The summed E-state index contributed by atoms with van der Waals surface area (Å²) < 4.78 is 59.4. The van der Waals surface area contributed by atoms with Gasteiger partial charge in [0.1, 0.15) is 33.3 Å². The number of aliphatic hydroxyl groups excluding tert-OH is 1. The predicted octanol–water partition coefficient (Wildman–Crippen LogP) is 4.52. The molecule has 0 bridgehead atoms. The quantitative estimate of drug-likeness (QED) is 0.472. The van der Waals surface area contributed by atoms with E-state index in [4.69, 9.17) is 19.2 Å². The Bertz CT molecular complexity index is 1340. The molecular weight excluding hydrogens is 539 g/mol. The van der Waals surface area contributed by atoms with Gasteiger partial charge in [-0.3, -0.25) is 10.3 Å². The molecule has 2 aromatic rings. The lowest BCUT2D eigenvalue weighted by Crippen LogP contribution is -2.64. The summed E-state index contributed by atoms with van der Waals surface area (Å²) in [5.74, 6) is -0.696. The lowest BCUT2D eigenvalue weighted by atomic mass is 9.83. The first kappa shape index (κ1) is 31.5. The van der Waals surface area contributed by atoms with E-state index in [1.807, 2.05) is 30.3 Å². The topological polar surface area (TPSA) is 124 Å². The Balaban J connectivity index is 2.29. The Labute approximate surface area is 235 Å². The van der Waals surface area contributed by atoms with E-state index in [0.29, 0.717) is 0 Å². The number of methoxy groups -OCH3 is 1. The summed E-state index contributed by atoms with van der Waals surface area (Å²) in [7, 11) is -2.87. The monoisotopic (exact) mass is 578 g/mol. The van der Waals surface area contributed by atoms with Crippen molar-refractivity contribution in [1.82, 2.24) is 5.32 Å². The first-order chi connectivity index (χ1) is 18.5. The number of sulfone groups is 1. The summed E-state index contributed by atoms with van der Waals surface area (Å²) in [6.07, 6.45) is -2.25. The van der Waals surface area contributed by atoms with Gasteiger partial charge in [-0.25, -0.2) is 17.6 Å². The SMILES string of the molecule is COc1ccc(F)c([C@@]2(COCc3ccccc3)N=C(NC(=O)OC(C)(C)C)C(C)(C)S(=O)(=O)[C@@H]2C[C@@H](C)O)c1. The van der Waals surface area contributed by atoms with Crippen LogP contribution in [0, 0.1) is 5.82 Å². The fraction of sp³-hybridized carbons (Fsp3) is 0.517. The van der Waals surface area contributed by atoms with E-state index in [1.165, 1.54) is 40.0 Å². The average molecular weight is 579 g/mol. The number of aliphatic imine (C=N–C) groups is 1. The van der Waals surface area contributed by atoms with Crippen LogP contribution in [0.25, 0.3) is 0 Å². The number of hydrogen-bond donors (Lipinski definition) is 2. The Morgan fingerprint density at radius 1 is 1.18 bits per heavy atom. The van der Waals surface area contributed by atoms with Crippen LogP contribution in [-0.4, -0.2) is 60.9 Å². The van der Waals surface area contributed by atoms with Crippen molar-refractivity contribution in [2.45, 2.75) is 81.8 Å². The van der Waals surface area contributed by atoms with Crippen molar-refractivity contribution in [3.8, 4) is 5.75 Å². The van der Waals surface area contributed by atoms with Crippen LogP contribution in [0.2, 0.25) is 0 Å². The molecule has 0 spiro atoms. The maximum Gasteiger partial charge on any atom is 0.413 e. The van der Waals surface area contributed by atoms with Gasteiger partial charge in [0.25, 0.3) is 0 Å².